The van der Waals surface area contributed by atoms with E-state index in [9.17, 15) is 4.79 Å². The Balaban J connectivity index is 2.10. The van der Waals surface area contributed by atoms with E-state index in [0.717, 1.165) is 23.7 Å². The number of carbonyl (C=O) groups is 1. The Kier molecular flexibility index (Phi) is 5.50. The van der Waals surface area contributed by atoms with Crippen molar-refractivity contribution in [1.82, 2.24) is 8.75 Å². The third-order valence-electron chi connectivity index (χ3n) is 3.25. The Morgan fingerprint density at radius 3 is 2.86 bits per heavy atom. The van der Waals surface area contributed by atoms with E-state index in [0.29, 0.717) is 35.1 Å². The van der Waals surface area contributed by atoms with Crippen molar-refractivity contribution in [3.05, 3.63) is 17.2 Å². The van der Waals surface area contributed by atoms with Crippen molar-refractivity contribution in [2.24, 2.45) is 17.6 Å². The van der Waals surface area contributed by atoms with Gasteiger partial charge < -0.3 is 11.1 Å². The summed E-state index contributed by atoms with van der Waals surface area (Å²) < 4.78 is 8.33. The number of nitrogens with two attached hydrogens (primary N) is 1. The van der Waals surface area contributed by atoms with Crippen molar-refractivity contribution in [2.75, 3.05) is 11.9 Å². The van der Waals surface area contributed by atoms with Gasteiger partial charge in [-0.2, -0.15) is 8.75 Å². The predicted octanol–water partition coefficient (Wildman–Crippen LogP) is 3.29. The van der Waals surface area contributed by atoms with Gasteiger partial charge in [-0.15, -0.1) is 0 Å². The maximum absolute atomic E-state index is 12.2. The molecule has 114 valence electrons. The molecule has 0 spiro atoms. The number of hydrogen-bond donors (Lipinski definition) is 2. The van der Waals surface area contributed by atoms with E-state index in [-0.39, 0.29) is 11.8 Å². The minimum absolute atomic E-state index is 0.0894. The number of carbonyl (C=O) groups excluding carboxylic acids is 1. The van der Waals surface area contributed by atoms with Gasteiger partial charge in [0, 0.05) is 6.42 Å². The Morgan fingerprint density at radius 2 is 2.19 bits per heavy atom. The SMILES string of the molecule is CC(C)C[C@H](CN)CC(=O)Nc1c(Cl)ccc2nsnc12. The standard InChI is InChI=1S/C14H19ClN4OS/c1-8(2)5-9(7-16)6-12(20)17-13-10(15)3-4-11-14(13)19-21-18-11/h3-4,8-9H,5-7,16H2,1-2H3,(H,17,20)/t9-/m0/s1. The highest BCUT2D eigenvalue weighted by Crippen LogP contribution is 2.30. The summed E-state index contributed by atoms with van der Waals surface area (Å²) >= 11 is 7.26. The Bertz CT molecular complexity index is 628. The minimum Gasteiger partial charge on any atom is -0.330 e. The van der Waals surface area contributed by atoms with E-state index < -0.39 is 0 Å². The summed E-state index contributed by atoms with van der Waals surface area (Å²) in [6.07, 6.45) is 1.32. The van der Waals surface area contributed by atoms with E-state index in [2.05, 4.69) is 27.9 Å². The molecule has 1 aromatic heterocycles. The van der Waals surface area contributed by atoms with Gasteiger partial charge >= 0.3 is 0 Å². The summed E-state index contributed by atoms with van der Waals surface area (Å²) in [5.74, 6) is 0.603. The zero-order valence-corrected chi connectivity index (χ0v) is 13.7. The Morgan fingerprint density at radius 1 is 1.43 bits per heavy atom. The Hall–Kier alpha value is -1.24. The van der Waals surface area contributed by atoms with Crippen LogP contribution in [0.4, 0.5) is 5.69 Å². The second-order valence-electron chi connectivity index (χ2n) is 5.54. The quantitative estimate of drug-likeness (QED) is 0.853. The van der Waals surface area contributed by atoms with Crippen molar-refractivity contribution in [3.63, 3.8) is 0 Å². The van der Waals surface area contributed by atoms with Gasteiger partial charge in [0.05, 0.1) is 22.4 Å². The average molecular weight is 327 g/mol. The largest absolute Gasteiger partial charge is 0.330 e. The molecule has 0 bridgehead atoms. The molecule has 0 aliphatic heterocycles. The molecule has 0 fully saturated rings. The molecular formula is C14H19ClN4OS. The molecule has 1 amide bonds. The van der Waals surface area contributed by atoms with Crippen LogP contribution >= 0.6 is 23.3 Å². The fourth-order valence-corrected chi connectivity index (χ4v) is 3.07. The first-order valence-electron chi connectivity index (χ1n) is 6.92. The second-order valence-corrected chi connectivity index (χ2v) is 6.47. The lowest BCUT2D eigenvalue weighted by Gasteiger charge is -2.17. The molecule has 0 unspecified atom stereocenters. The molecule has 1 aromatic carbocycles. The number of nitrogens with zero attached hydrogens (tertiary/aromatic N) is 2. The zero-order chi connectivity index (χ0) is 15.4. The number of aromatic nitrogens is 2. The molecule has 21 heavy (non-hydrogen) atoms. The number of benzene rings is 1. The van der Waals surface area contributed by atoms with Crippen LogP contribution in [0.5, 0.6) is 0 Å². The van der Waals surface area contributed by atoms with E-state index in [4.69, 9.17) is 17.3 Å². The third-order valence-corrected chi connectivity index (χ3v) is 4.11. The van der Waals surface area contributed by atoms with Gasteiger partial charge in [-0.1, -0.05) is 25.4 Å². The van der Waals surface area contributed by atoms with Crippen LogP contribution in [0.2, 0.25) is 5.02 Å². The van der Waals surface area contributed by atoms with Gasteiger partial charge in [0.2, 0.25) is 5.91 Å². The molecule has 3 N–H and O–H groups in total. The summed E-state index contributed by atoms with van der Waals surface area (Å²) in [5.41, 5.74) is 7.64. The molecule has 0 saturated heterocycles. The van der Waals surface area contributed by atoms with E-state index in [1.165, 1.54) is 0 Å². The van der Waals surface area contributed by atoms with Gasteiger partial charge in [-0.05, 0) is 36.9 Å². The topological polar surface area (TPSA) is 80.9 Å². The number of fused-ring (bicyclic) bond motifs is 1. The first kappa shape index (κ1) is 16.1. The predicted molar refractivity (Wildman–Crippen MR) is 87.7 cm³/mol. The van der Waals surface area contributed by atoms with Crippen LogP contribution in [-0.4, -0.2) is 21.2 Å². The van der Waals surface area contributed by atoms with E-state index >= 15 is 0 Å². The smallest absolute Gasteiger partial charge is 0.224 e. The van der Waals surface area contributed by atoms with Crippen LogP contribution in [0, 0.1) is 11.8 Å². The van der Waals surface area contributed by atoms with Crippen molar-refractivity contribution in [3.8, 4) is 0 Å². The summed E-state index contributed by atoms with van der Waals surface area (Å²) in [6.45, 7) is 4.75. The van der Waals surface area contributed by atoms with Gasteiger partial charge in [-0.3, -0.25) is 4.79 Å². The highest BCUT2D eigenvalue weighted by atomic mass is 35.5. The summed E-state index contributed by atoms with van der Waals surface area (Å²) in [5, 5.41) is 3.32. The molecule has 5 nitrogen and oxygen atoms in total. The average Bonchev–Trinajstić information content (AvgIpc) is 2.89. The molecule has 2 aromatic rings. The number of amides is 1. The zero-order valence-electron chi connectivity index (χ0n) is 12.1. The highest BCUT2D eigenvalue weighted by molar-refractivity contribution is 7.00. The second kappa shape index (κ2) is 7.15. The first-order chi connectivity index (χ1) is 10.0. The van der Waals surface area contributed by atoms with E-state index in [1.807, 2.05) is 0 Å². The molecule has 7 heteroatoms. The van der Waals surface area contributed by atoms with Crippen LogP contribution in [0.1, 0.15) is 26.7 Å². The van der Waals surface area contributed by atoms with Gasteiger partial charge in [0.15, 0.2) is 0 Å². The number of nitrogens with one attached hydrogen (secondary N) is 1. The lowest BCUT2D eigenvalue weighted by Crippen LogP contribution is -2.23. The van der Waals surface area contributed by atoms with Crippen LogP contribution < -0.4 is 11.1 Å². The Labute approximate surface area is 133 Å². The minimum atomic E-state index is -0.0894. The van der Waals surface area contributed by atoms with Crippen LogP contribution in [0.25, 0.3) is 11.0 Å². The van der Waals surface area contributed by atoms with Gasteiger partial charge in [0.1, 0.15) is 11.0 Å². The normalized spacial score (nSPS) is 12.8. The lowest BCUT2D eigenvalue weighted by molar-refractivity contribution is -0.117. The summed E-state index contributed by atoms with van der Waals surface area (Å²) in [6, 6.07) is 3.51. The van der Waals surface area contributed by atoms with Crippen molar-refractivity contribution >= 4 is 46.0 Å². The number of rotatable bonds is 6. The molecule has 1 heterocycles. The van der Waals surface area contributed by atoms with Crippen molar-refractivity contribution in [1.29, 1.82) is 0 Å². The number of halogens is 1. The molecule has 2 rings (SSSR count). The fourth-order valence-electron chi connectivity index (χ4n) is 2.33. The highest BCUT2D eigenvalue weighted by Gasteiger charge is 2.17. The van der Waals surface area contributed by atoms with Crippen LogP contribution in [0.3, 0.4) is 0 Å². The van der Waals surface area contributed by atoms with Gasteiger partial charge in [0.25, 0.3) is 0 Å². The van der Waals surface area contributed by atoms with Gasteiger partial charge in [-0.25, -0.2) is 0 Å². The maximum atomic E-state index is 12.2. The fraction of sp³-hybridized carbons (Fsp3) is 0.500. The van der Waals surface area contributed by atoms with Crippen LogP contribution in [0.15, 0.2) is 12.1 Å². The van der Waals surface area contributed by atoms with Crippen LogP contribution in [-0.2, 0) is 4.79 Å². The summed E-state index contributed by atoms with van der Waals surface area (Å²) in [4.78, 5) is 12.2. The molecule has 0 aliphatic carbocycles. The third kappa shape index (κ3) is 4.12. The molecule has 1 atom stereocenters. The lowest BCUT2D eigenvalue weighted by atomic mass is 9.94. The molecule has 0 radical (unpaired) electrons. The van der Waals surface area contributed by atoms with E-state index in [1.54, 1.807) is 12.1 Å². The maximum Gasteiger partial charge on any atom is 0.224 e. The first-order valence-corrected chi connectivity index (χ1v) is 8.02. The van der Waals surface area contributed by atoms with Crippen molar-refractivity contribution in [2.45, 2.75) is 26.7 Å². The monoisotopic (exact) mass is 326 g/mol. The molecular weight excluding hydrogens is 308 g/mol. The van der Waals surface area contributed by atoms with Crippen molar-refractivity contribution < 1.29 is 4.79 Å². The molecule has 0 saturated carbocycles. The summed E-state index contributed by atoms with van der Waals surface area (Å²) in [7, 11) is 0. The number of hydrogen-bond acceptors (Lipinski definition) is 5. The molecule has 0 aliphatic rings. The number of anilines is 1.